The number of aliphatic imine (C=N–C) groups is 1. The molecule has 1 aliphatic heterocycles. The molecule has 2 heterocycles. The number of thioether (sulfide) groups is 1. The molecule has 1 unspecified atom stereocenters. The zero-order valence-electron chi connectivity index (χ0n) is 15.0. The average Bonchev–Trinajstić information content (AvgIpc) is 2.72. The molecule has 1 atom stereocenters. The van der Waals surface area contributed by atoms with E-state index in [0.717, 1.165) is 28.2 Å². The number of hydrogen-bond acceptors (Lipinski definition) is 7. The van der Waals surface area contributed by atoms with Crippen LogP contribution in [0.5, 0.6) is 0 Å². The first kappa shape index (κ1) is 18.0. The minimum atomic E-state index is -0.165. The van der Waals surface area contributed by atoms with Gasteiger partial charge >= 0.3 is 0 Å². The van der Waals surface area contributed by atoms with Gasteiger partial charge in [-0.25, -0.2) is 15.0 Å². The number of benzene rings is 1. The molecule has 0 aliphatic carbocycles. The second-order valence-electron chi connectivity index (χ2n) is 5.60. The normalized spacial score (nSPS) is 16.7. The molecule has 2 N–H and O–H groups in total. The fourth-order valence-corrected chi connectivity index (χ4v) is 2.83. The molecule has 0 bridgehead atoms. The van der Waals surface area contributed by atoms with Crippen molar-refractivity contribution in [2.45, 2.75) is 18.2 Å². The highest BCUT2D eigenvalue weighted by Crippen LogP contribution is 2.19. The average molecular weight is 366 g/mol. The first-order chi connectivity index (χ1) is 12.7. The van der Waals surface area contributed by atoms with Gasteiger partial charge in [0.25, 0.3) is 0 Å². The van der Waals surface area contributed by atoms with Gasteiger partial charge in [-0.1, -0.05) is 48.2 Å². The Labute approximate surface area is 158 Å². The molecule has 134 valence electrons. The summed E-state index contributed by atoms with van der Waals surface area (Å²) in [5.74, 6) is 1.51. The van der Waals surface area contributed by atoms with E-state index in [0.29, 0.717) is 0 Å². The quantitative estimate of drug-likeness (QED) is 0.626. The van der Waals surface area contributed by atoms with Gasteiger partial charge in [-0.2, -0.15) is 0 Å². The van der Waals surface area contributed by atoms with E-state index in [9.17, 15) is 0 Å². The fourth-order valence-electron chi connectivity index (χ4n) is 2.48. The largest absolute Gasteiger partial charge is 0.367 e. The molecular formula is C19H22N6S. The molecule has 0 saturated heterocycles. The highest BCUT2D eigenvalue weighted by Gasteiger charge is 2.20. The molecule has 0 amide bonds. The van der Waals surface area contributed by atoms with Crippen molar-refractivity contribution in [1.82, 2.24) is 20.6 Å². The van der Waals surface area contributed by atoms with Crippen molar-refractivity contribution in [3.8, 4) is 0 Å². The third-order valence-electron chi connectivity index (χ3n) is 3.81. The van der Waals surface area contributed by atoms with Gasteiger partial charge in [0.2, 0.25) is 5.96 Å². The van der Waals surface area contributed by atoms with Crippen molar-refractivity contribution < 1.29 is 0 Å². The van der Waals surface area contributed by atoms with Crippen LogP contribution < -0.4 is 15.5 Å². The van der Waals surface area contributed by atoms with Crippen LogP contribution in [-0.2, 0) is 0 Å². The fraction of sp³-hybridized carbons (Fsp3) is 0.211. The second-order valence-corrected chi connectivity index (χ2v) is 6.37. The van der Waals surface area contributed by atoms with Crippen LogP contribution >= 0.6 is 11.8 Å². The zero-order chi connectivity index (χ0) is 18.4. The third kappa shape index (κ3) is 4.23. The lowest BCUT2D eigenvalue weighted by Crippen LogP contribution is -2.43. The van der Waals surface area contributed by atoms with Crippen LogP contribution in [0, 0.1) is 0 Å². The molecule has 0 fully saturated rings. The highest BCUT2D eigenvalue weighted by molar-refractivity contribution is 7.98. The van der Waals surface area contributed by atoms with Gasteiger partial charge in [-0.05, 0) is 37.1 Å². The molecular weight excluding hydrogens is 344 g/mol. The summed E-state index contributed by atoms with van der Waals surface area (Å²) in [6.45, 7) is 1.97. The molecule has 1 aromatic carbocycles. The first-order valence-corrected chi connectivity index (χ1v) is 9.54. The molecule has 0 saturated carbocycles. The molecule has 0 spiro atoms. The van der Waals surface area contributed by atoms with Gasteiger partial charge in [0.1, 0.15) is 12.0 Å². The lowest BCUT2D eigenvalue weighted by molar-refractivity contribution is 0.718. The van der Waals surface area contributed by atoms with Crippen LogP contribution in [0.4, 0.5) is 5.82 Å². The Morgan fingerprint density at radius 2 is 2.04 bits per heavy atom. The molecule has 3 rings (SSSR count). The van der Waals surface area contributed by atoms with E-state index in [1.54, 1.807) is 6.20 Å². The molecule has 6 nitrogen and oxygen atoms in total. The summed E-state index contributed by atoms with van der Waals surface area (Å²) in [6, 6.07) is 12.1. The number of hydrogen-bond donors (Lipinski definition) is 2. The van der Waals surface area contributed by atoms with Crippen LogP contribution in [0.15, 0.2) is 71.1 Å². The van der Waals surface area contributed by atoms with E-state index in [4.69, 9.17) is 4.99 Å². The molecule has 0 radical (unpaired) electrons. The van der Waals surface area contributed by atoms with Gasteiger partial charge in [-0.3, -0.25) is 4.90 Å². The summed E-state index contributed by atoms with van der Waals surface area (Å²) in [5.41, 5.74) is 2.11. The smallest absolute Gasteiger partial charge is 0.206 e. The number of nitrogens with zero attached hydrogens (tertiary/aromatic N) is 4. The van der Waals surface area contributed by atoms with Crippen molar-refractivity contribution in [2.24, 2.45) is 4.99 Å². The summed E-state index contributed by atoms with van der Waals surface area (Å²) in [6.07, 6.45) is 9.47. The Bertz CT molecular complexity index is 831. The molecule has 1 aromatic heterocycles. The number of allylic oxidation sites excluding steroid dienone is 1. The second kappa shape index (κ2) is 8.53. The Hall–Kier alpha value is -2.80. The third-order valence-corrected chi connectivity index (χ3v) is 4.38. The predicted octanol–water partition coefficient (Wildman–Crippen LogP) is 3.08. The van der Waals surface area contributed by atoms with Crippen molar-refractivity contribution in [1.29, 1.82) is 0 Å². The maximum absolute atomic E-state index is 4.75. The SMILES string of the molecule is C/C=C\NC1C=C(c2ccccc2)NC(N(C)c2ccnc(SC)n2)=N1. The minimum absolute atomic E-state index is 0.165. The highest BCUT2D eigenvalue weighted by atomic mass is 32.2. The molecule has 26 heavy (non-hydrogen) atoms. The van der Waals surface area contributed by atoms with Crippen molar-refractivity contribution in [3.63, 3.8) is 0 Å². The maximum atomic E-state index is 4.75. The van der Waals surface area contributed by atoms with Gasteiger partial charge in [-0.15, -0.1) is 0 Å². The van der Waals surface area contributed by atoms with E-state index in [2.05, 4.69) is 38.8 Å². The minimum Gasteiger partial charge on any atom is -0.367 e. The Kier molecular flexibility index (Phi) is 5.91. The lowest BCUT2D eigenvalue weighted by atomic mass is 10.1. The van der Waals surface area contributed by atoms with Crippen LogP contribution in [-0.4, -0.2) is 35.4 Å². The summed E-state index contributed by atoms with van der Waals surface area (Å²) < 4.78 is 0. The molecule has 1 aliphatic rings. The van der Waals surface area contributed by atoms with Gasteiger partial charge in [0.05, 0.1) is 0 Å². The monoisotopic (exact) mass is 366 g/mol. The maximum Gasteiger partial charge on any atom is 0.206 e. The van der Waals surface area contributed by atoms with E-state index >= 15 is 0 Å². The Balaban J connectivity index is 1.90. The lowest BCUT2D eigenvalue weighted by Gasteiger charge is -2.28. The van der Waals surface area contributed by atoms with Gasteiger partial charge < -0.3 is 10.6 Å². The number of guanidine groups is 1. The summed E-state index contributed by atoms with van der Waals surface area (Å²) in [5, 5.41) is 7.43. The number of anilines is 1. The predicted molar refractivity (Wildman–Crippen MR) is 109 cm³/mol. The van der Waals surface area contributed by atoms with Crippen LogP contribution in [0.3, 0.4) is 0 Å². The Morgan fingerprint density at radius 1 is 1.23 bits per heavy atom. The van der Waals surface area contributed by atoms with Gasteiger partial charge in [0.15, 0.2) is 5.16 Å². The van der Waals surface area contributed by atoms with Crippen molar-refractivity contribution in [2.75, 3.05) is 18.2 Å². The topological polar surface area (TPSA) is 65.4 Å². The first-order valence-electron chi connectivity index (χ1n) is 8.31. The van der Waals surface area contributed by atoms with E-state index in [-0.39, 0.29) is 6.17 Å². The van der Waals surface area contributed by atoms with Crippen LogP contribution in [0.25, 0.3) is 5.70 Å². The standard InChI is InChI=1S/C19H22N6S/c1-4-11-20-16-13-15(14-8-6-5-7-9-14)22-18(23-16)25(2)17-10-12-21-19(24-17)26-3/h4-13,16,20H,1-3H3,(H,22,23)/b11-4-. The Morgan fingerprint density at radius 3 is 2.77 bits per heavy atom. The van der Waals surface area contributed by atoms with E-state index in [1.165, 1.54) is 11.8 Å². The number of nitrogens with one attached hydrogen (secondary N) is 2. The summed E-state index contributed by atoms with van der Waals surface area (Å²) >= 11 is 1.51. The molecule has 2 aromatic rings. The van der Waals surface area contributed by atoms with Gasteiger partial charge in [0, 0.05) is 18.9 Å². The van der Waals surface area contributed by atoms with E-state index in [1.807, 2.05) is 61.7 Å². The van der Waals surface area contributed by atoms with Crippen LogP contribution in [0.2, 0.25) is 0 Å². The summed E-state index contributed by atoms with van der Waals surface area (Å²) in [7, 11) is 1.94. The summed E-state index contributed by atoms with van der Waals surface area (Å²) in [4.78, 5) is 15.5. The number of rotatable bonds is 5. The van der Waals surface area contributed by atoms with Crippen LogP contribution in [0.1, 0.15) is 12.5 Å². The zero-order valence-corrected chi connectivity index (χ0v) is 15.9. The number of aromatic nitrogens is 2. The molecule has 7 heteroatoms. The van der Waals surface area contributed by atoms with Crippen molar-refractivity contribution >= 4 is 29.2 Å². The van der Waals surface area contributed by atoms with Crippen molar-refractivity contribution in [3.05, 3.63) is 66.5 Å². The van der Waals surface area contributed by atoms with E-state index < -0.39 is 0 Å².